The van der Waals surface area contributed by atoms with Crippen LogP contribution in [0.3, 0.4) is 0 Å². The molecule has 0 aliphatic rings. The number of methoxy groups -OCH3 is 1. The number of aromatic nitrogens is 2. The van der Waals surface area contributed by atoms with Gasteiger partial charge in [0.2, 0.25) is 0 Å². The molecule has 0 fully saturated rings. The van der Waals surface area contributed by atoms with Gasteiger partial charge in [-0.2, -0.15) is 0 Å². The van der Waals surface area contributed by atoms with Gasteiger partial charge in [-0.3, -0.25) is 60.7 Å². The quantitative estimate of drug-likeness (QED) is 0.0223. The van der Waals surface area contributed by atoms with E-state index >= 15 is 0 Å². The molecule has 2 heterocycles. The fourth-order valence-electron chi connectivity index (χ4n) is 4.69. The number of nitrogens with zero attached hydrogens (tertiary/aromatic N) is 7. The number of hydrogen-bond donors (Lipinski definition) is 8. The number of nitrogens with one attached hydrogen (secondary N) is 5. The predicted molar refractivity (Wildman–Crippen MR) is 298 cm³/mol. The lowest BCUT2D eigenvalue weighted by molar-refractivity contribution is -0.139. The van der Waals surface area contributed by atoms with Crippen LogP contribution in [-0.4, -0.2) is 122 Å². The third-order valence-electron chi connectivity index (χ3n) is 8.01. The van der Waals surface area contributed by atoms with E-state index in [1.54, 1.807) is 43.0 Å². The maximum Gasteiger partial charge on any atom is 0.311 e. The van der Waals surface area contributed by atoms with Crippen molar-refractivity contribution in [1.82, 2.24) is 9.97 Å². The number of carbonyl (C=O) groups is 2. The van der Waals surface area contributed by atoms with E-state index in [1.165, 1.54) is 57.1 Å². The molecule has 0 aliphatic carbocycles. The number of hydrogen-bond acceptors (Lipinski definition) is 15. The second kappa shape index (κ2) is 37.3. The standard InChI is InChI=1S/C12H13ClN2O2.C12H13ClN2O.C9H9ClFN3.C8H8ClFN4.C8H9ClN4/c1-17-12(16)6-10(14)8-15-7-9-4-2-3-5-11(9)13;1-9(16)6-11(14)8-15-7-10-4-2-3-5-12(10)13;10-8-3-7(11)2-1-6(8)4-14-5-9(12)13;9-6-2-14-3-7(10)5(6)1-13-4-8(11)12;9-7-4-12-2-1-6(7)3-13-5-8(10)11/h2-5,7,14H,6,8H2,1H3;2-5,7,14H,6,8H2,1H3;1-4H,5H2,(H3,12,13);1-3H,4H2,(H3,11,12);1-4H,5H2,(H3,10,11). The summed E-state index contributed by atoms with van der Waals surface area (Å²) in [4.78, 5) is 48.6. The number of Topliss-reactive ketones (excluding diaryl/α,β-unsaturated/α-hetero) is 1. The zero-order valence-corrected chi connectivity index (χ0v) is 43.6. The Balaban J connectivity index is 0.000000464. The van der Waals surface area contributed by atoms with Gasteiger partial charge in [-0.05, 0) is 43.3 Å². The summed E-state index contributed by atoms with van der Waals surface area (Å²) >= 11 is 29.0. The number of ketones is 1. The monoisotopic (exact) mass is 1110 g/mol. The van der Waals surface area contributed by atoms with Crippen LogP contribution in [0.15, 0.2) is 123 Å². The van der Waals surface area contributed by atoms with E-state index < -0.39 is 17.6 Å². The molecule has 11 N–H and O–H groups in total. The van der Waals surface area contributed by atoms with Crippen LogP contribution in [0.2, 0.25) is 25.1 Å². The van der Waals surface area contributed by atoms with Gasteiger partial charge in [-0.15, -0.1) is 0 Å². The number of nitrogens with two attached hydrogens (primary N) is 3. The van der Waals surface area contributed by atoms with Crippen molar-refractivity contribution in [2.45, 2.75) is 19.8 Å². The van der Waals surface area contributed by atoms with Crippen LogP contribution < -0.4 is 17.2 Å². The zero-order chi connectivity index (χ0) is 55.4. The highest BCUT2D eigenvalue weighted by molar-refractivity contribution is 6.34. The lowest BCUT2D eigenvalue weighted by Crippen LogP contribution is -2.13. The number of benzene rings is 3. The molecule has 0 spiro atoms. The van der Waals surface area contributed by atoms with Crippen LogP contribution in [0.25, 0.3) is 0 Å². The smallest absolute Gasteiger partial charge is 0.311 e. The largest absolute Gasteiger partial charge is 0.469 e. The van der Waals surface area contributed by atoms with Gasteiger partial charge in [0, 0.05) is 105 Å². The second-order valence-electron chi connectivity index (χ2n) is 14.4. The van der Waals surface area contributed by atoms with Crippen molar-refractivity contribution in [2.24, 2.45) is 42.2 Å². The van der Waals surface area contributed by atoms with E-state index in [4.69, 9.17) is 102 Å². The second-order valence-corrected chi connectivity index (χ2v) is 16.4. The number of aliphatic imine (C=N–C) groups is 5. The zero-order valence-electron chi connectivity index (χ0n) is 39.8. The summed E-state index contributed by atoms with van der Waals surface area (Å²) < 4.78 is 30.1. The molecule has 25 heteroatoms. The number of esters is 1. The molecular formula is C49H52Cl5F2N15O3. The minimum Gasteiger partial charge on any atom is -0.469 e. The van der Waals surface area contributed by atoms with Crippen molar-refractivity contribution in [2.75, 3.05) is 39.8 Å². The SMILES string of the molecule is CC(=O)CC(=N)CN=Cc1ccccc1Cl.COC(=O)CC(=N)CN=Cc1ccccc1Cl.N=C(N)CN=Cc1c(F)cncc1Cl.N=C(N)CN=Cc1ccc(F)cc1Cl.N=C(N)CN=Cc1ccncc1Cl. The number of carbonyl (C=O) groups excluding carboxylic acids is 2. The molecule has 0 aliphatic heterocycles. The van der Waals surface area contributed by atoms with Crippen molar-refractivity contribution < 1.29 is 23.1 Å². The van der Waals surface area contributed by atoms with E-state index in [1.807, 2.05) is 36.4 Å². The number of amidine groups is 3. The Hall–Kier alpha value is -7.49. The Morgan fingerprint density at radius 1 is 0.554 bits per heavy atom. The maximum absolute atomic E-state index is 13.1. The Morgan fingerprint density at radius 3 is 1.42 bits per heavy atom. The minimum absolute atomic E-state index is 0.0158. The summed E-state index contributed by atoms with van der Waals surface area (Å²) in [6.07, 6.45) is 13.1. The average Bonchev–Trinajstić information content (AvgIpc) is 3.33. The van der Waals surface area contributed by atoms with Crippen LogP contribution in [0.5, 0.6) is 0 Å². The van der Waals surface area contributed by atoms with E-state index in [-0.39, 0.29) is 90.2 Å². The molecule has 0 amide bonds. The van der Waals surface area contributed by atoms with Gasteiger partial charge in [0.25, 0.3) is 0 Å². The minimum atomic E-state index is -0.551. The summed E-state index contributed by atoms with van der Waals surface area (Å²) in [7, 11) is 1.29. The number of pyridine rings is 2. The van der Waals surface area contributed by atoms with Gasteiger partial charge in [0.1, 0.15) is 29.1 Å². The molecule has 0 saturated carbocycles. The van der Waals surface area contributed by atoms with Crippen LogP contribution >= 0.6 is 58.0 Å². The first-order valence-electron chi connectivity index (χ1n) is 21.1. The molecule has 0 atom stereocenters. The molecule has 3 aromatic carbocycles. The predicted octanol–water partition coefficient (Wildman–Crippen LogP) is 9.25. The normalized spacial score (nSPS) is 10.6. The van der Waals surface area contributed by atoms with Crippen LogP contribution in [-0.2, 0) is 14.3 Å². The summed E-state index contributed by atoms with van der Waals surface area (Å²) in [6, 6.07) is 20.4. The van der Waals surface area contributed by atoms with Crippen LogP contribution in [0, 0.1) is 38.7 Å². The number of halogens is 7. The summed E-state index contributed by atoms with van der Waals surface area (Å²) in [6.45, 7) is 2.21. The van der Waals surface area contributed by atoms with Gasteiger partial charge < -0.3 is 32.8 Å². The maximum atomic E-state index is 13.1. The molecule has 0 radical (unpaired) electrons. The first-order valence-corrected chi connectivity index (χ1v) is 23.0. The van der Waals surface area contributed by atoms with Gasteiger partial charge in [-0.25, -0.2) is 8.78 Å². The Morgan fingerprint density at radius 2 is 0.986 bits per heavy atom. The molecule has 2 aromatic heterocycles. The topological polar surface area (TPSA) is 328 Å². The van der Waals surface area contributed by atoms with Crippen molar-refractivity contribution >= 4 is 130 Å². The Labute approximate surface area is 451 Å². The van der Waals surface area contributed by atoms with Crippen molar-refractivity contribution in [1.29, 1.82) is 27.0 Å². The highest BCUT2D eigenvalue weighted by Crippen LogP contribution is 2.17. The molecule has 5 rings (SSSR count). The fraction of sp³-hybridized carbons (Fsp3) is 0.184. The lowest BCUT2D eigenvalue weighted by atomic mass is 10.2. The molecule has 0 unspecified atom stereocenters. The molecule has 390 valence electrons. The van der Waals surface area contributed by atoms with Crippen molar-refractivity contribution in [3.63, 3.8) is 0 Å². The van der Waals surface area contributed by atoms with E-state index in [0.29, 0.717) is 26.3 Å². The third-order valence-corrected chi connectivity index (χ3v) is 9.64. The molecule has 5 aromatic rings. The molecular weight excluding hydrogens is 1060 g/mol. The highest BCUT2D eigenvalue weighted by Gasteiger charge is 2.06. The van der Waals surface area contributed by atoms with E-state index in [2.05, 4.69) is 39.7 Å². The Kier molecular flexibility index (Phi) is 32.5. The molecule has 18 nitrogen and oxygen atoms in total. The first-order chi connectivity index (χ1) is 35.1. The van der Waals surface area contributed by atoms with E-state index in [9.17, 15) is 18.4 Å². The third kappa shape index (κ3) is 30.4. The number of rotatable bonds is 19. The molecule has 0 bridgehead atoms. The van der Waals surface area contributed by atoms with Crippen molar-refractivity contribution in [3.05, 3.63) is 162 Å². The van der Waals surface area contributed by atoms with E-state index in [0.717, 1.165) is 22.9 Å². The van der Waals surface area contributed by atoms with Crippen LogP contribution in [0.1, 0.15) is 47.6 Å². The summed E-state index contributed by atoms with van der Waals surface area (Å²) in [5, 5.41) is 37.9. The Bertz CT molecular complexity index is 2830. The van der Waals surface area contributed by atoms with Gasteiger partial charge in [0.05, 0.1) is 67.5 Å². The fourth-order valence-corrected chi connectivity index (χ4v) is 5.64. The lowest BCUT2D eigenvalue weighted by Gasteiger charge is -1.99. The van der Waals surface area contributed by atoms with Gasteiger partial charge in [0.15, 0.2) is 5.82 Å². The number of ether oxygens (including phenoxy) is 1. The molecule has 74 heavy (non-hydrogen) atoms. The summed E-state index contributed by atoms with van der Waals surface area (Å²) in [5.74, 6) is -1.47. The highest BCUT2D eigenvalue weighted by atomic mass is 35.5. The van der Waals surface area contributed by atoms with Crippen molar-refractivity contribution in [3.8, 4) is 0 Å². The molecule has 0 saturated heterocycles. The van der Waals surface area contributed by atoms with Gasteiger partial charge in [-0.1, -0.05) is 94.4 Å². The van der Waals surface area contributed by atoms with Crippen LogP contribution in [0.4, 0.5) is 8.78 Å². The average molecular weight is 1110 g/mol. The summed E-state index contributed by atoms with van der Waals surface area (Å²) in [5.41, 5.74) is 18.9. The first kappa shape index (κ1) is 64.5. The van der Waals surface area contributed by atoms with Gasteiger partial charge >= 0.3 is 5.97 Å².